The molecule has 6 heteroatoms. The minimum absolute atomic E-state index is 0. The van der Waals surface area contributed by atoms with Gasteiger partial charge in [-0.25, -0.2) is 0 Å². The molecule has 1 aromatic carbocycles. The monoisotopic (exact) mass is 479 g/mol. The number of piperidine rings is 1. The number of benzene rings is 1. The van der Waals surface area contributed by atoms with Crippen LogP contribution in [0.3, 0.4) is 0 Å². The number of hydrogen-bond acceptors (Lipinski definition) is 4. The molecule has 1 amide bonds. The van der Waals surface area contributed by atoms with Crippen LogP contribution in [0.25, 0.3) is 0 Å². The van der Waals surface area contributed by atoms with E-state index in [9.17, 15) is 14.7 Å². The first-order valence-electron chi connectivity index (χ1n) is 13.0. The molecule has 2 aliphatic carbocycles. The molecule has 0 radical (unpaired) electrons. The highest BCUT2D eigenvalue weighted by Crippen LogP contribution is 2.44. The number of amides is 1. The number of nitrogens with zero attached hydrogens (tertiary/aromatic N) is 2. The fourth-order valence-electron chi connectivity index (χ4n) is 5.99. The third-order valence-corrected chi connectivity index (χ3v) is 8.00. The summed E-state index contributed by atoms with van der Waals surface area (Å²) in [6.45, 7) is 1.73. The van der Waals surface area contributed by atoms with E-state index < -0.39 is 0 Å². The number of aromatic nitrogens is 1. The standard InChI is InChI=1S/C28H37N3O3.CH4/c1-30-14-12-21(17-27(30)33)23-11-13-29-18-25(23)28(34)31(22-9-10-22)26-6-2-5-20-8-7-19(4-3-15-32)16-24(20)26;/h7-8,12,14,16-17,22-23,25-26,29,32H,2-6,9-11,13,15,18H2,1H3;1H4/t23-,25+,26?;/m1./s1. The Morgan fingerprint density at radius 1 is 1.17 bits per heavy atom. The Labute approximate surface area is 209 Å². The molecule has 3 aliphatic rings. The number of aliphatic hydroxyl groups is 1. The van der Waals surface area contributed by atoms with E-state index in [4.69, 9.17) is 0 Å². The van der Waals surface area contributed by atoms with Gasteiger partial charge in [-0.15, -0.1) is 0 Å². The zero-order chi connectivity index (χ0) is 23.7. The fourth-order valence-corrected chi connectivity index (χ4v) is 5.99. The number of aliphatic hydroxyl groups excluding tert-OH is 1. The number of hydrogen-bond donors (Lipinski definition) is 2. The highest BCUT2D eigenvalue weighted by Gasteiger charge is 2.44. The summed E-state index contributed by atoms with van der Waals surface area (Å²) in [5.74, 6) is 0.172. The zero-order valence-corrected chi connectivity index (χ0v) is 20.2. The summed E-state index contributed by atoms with van der Waals surface area (Å²) in [4.78, 5) is 28.8. The van der Waals surface area contributed by atoms with Gasteiger partial charge >= 0.3 is 0 Å². The van der Waals surface area contributed by atoms with Crippen molar-refractivity contribution in [2.24, 2.45) is 13.0 Å². The van der Waals surface area contributed by atoms with Crippen LogP contribution < -0.4 is 10.9 Å². The van der Waals surface area contributed by atoms with Crippen molar-refractivity contribution in [3.63, 3.8) is 0 Å². The Balaban J connectivity index is 0.00000289. The Kier molecular flexibility index (Phi) is 8.12. The van der Waals surface area contributed by atoms with Crippen molar-refractivity contribution in [1.29, 1.82) is 0 Å². The molecule has 6 nitrogen and oxygen atoms in total. The van der Waals surface area contributed by atoms with Crippen LogP contribution in [-0.4, -0.2) is 46.2 Å². The molecule has 1 unspecified atom stereocenters. The van der Waals surface area contributed by atoms with Crippen molar-refractivity contribution in [2.75, 3.05) is 19.7 Å². The SMILES string of the molecule is C.Cn1ccc([C@H]2CCNC[C@@H]2C(=O)N(C2CC2)C2CCCc3ccc(CCCO)cc32)cc1=O. The lowest BCUT2D eigenvalue weighted by Crippen LogP contribution is -2.49. The third kappa shape index (κ3) is 5.39. The van der Waals surface area contributed by atoms with Gasteiger partial charge in [0.2, 0.25) is 5.91 Å². The molecule has 2 heterocycles. The quantitative estimate of drug-likeness (QED) is 0.635. The summed E-state index contributed by atoms with van der Waals surface area (Å²) in [6, 6.07) is 10.9. The molecule has 2 aromatic rings. The molecule has 1 aliphatic heterocycles. The maximum absolute atomic E-state index is 14.3. The molecule has 0 bridgehead atoms. The second kappa shape index (κ2) is 11.1. The van der Waals surface area contributed by atoms with Gasteiger partial charge in [-0.1, -0.05) is 25.6 Å². The number of nitrogens with one attached hydrogen (secondary N) is 1. The maximum atomic E-state index is 14.3. The maximum Gasteiger partial charge on any atom is 0.250 e. The first-order valence-corrected chi connectivity index (χ1v) is 13.0. The van der Waals surface area contributed by atoms with Crippen molar-refractivity contribution >= 4 is 5.91 Å². The predicted octanol–water partition coefficient (Wildman–Crippen LogP) is 3.71. The average molecular weight is 480 g/mol. The van der Waals surface area contributed by atoms with E-state index in [2.05, 4.69) is 28.4 Å². The van der Waals surface area contributed by atoms with Gasteiger partial charge in [-0.05, 0) is 92.1 Å². The van der Waals surface area contributed by atoms with E-state index in [0.717, 1.165) is 63.5 Å². The average Bonchev–Trinajstić information content (AvgIpc) is 3.70. The molecule has 1 saturated carbocycles. The van der Waals surface area contributed by atoms with Crippen LogP contribution in [0.5, 0.6) is 0 Å². The zero-order valence-electron chi connectivity index (χ0n) is 20.2. The third-order valence-electron chi connectivity index (χ3n) is 8.00. The van der Waals surface area contributed by atoms with E-state index in [-0.39, 0.29) is 43.4 Å². The first-order chi connectivity index (χ1) is 16.6. The normalized spacial score (nSPS) is 23.8. The number of fused-ring (bicyclic) bond motifs is 1. The molecule has 35 heavy (non-hydrogen) atoms. The summed E-state index contributed by atoms with van der Waals surface area (Å²) >= 11 is 0. The number of carbonyl (C=O) groups excluding carboxylic acids is 1. The van der Waals surface area contributed by atoms with Crippen LogP contribution in [0.1, 0.15) is 80.2 Å². The lowest BCUT2D eigenvalue weighted by molar-refractivity contribution is -0.140. The van der Waals surface area contributed by atoms with Gasteiger partial charge in [-0.3, -0.25) is 9.59 Å². The van der Waals surface area contributed by atoms with Crippen molar-refractivity contribution in [1.82, 2.24) is 14.8 Å². The summed E-state index contributed by atoms with van der Waals surface area (Å²) in [5, 5.41) is 12.7. The van der Waals surface area contributed by atoms with Crippen LogP contribution in [0.4, 0.5) is 0 Å². The smallest absolute Gasteiger partial charge is 0.250 e. The van der Waals surface area contributed by atoms with Crippen molar-refractivity contribution < 1.29 is 9.90 Å². The lowest BCUT2D eigenvalue weighted by Gasteiger charge is -2.41. The molecule has 1 aromatic heterocycles. The van der Waals surface area contributed by atoms with Gasteiger partial charge in [0.15, 0.2) is 0 Å². The van der Waals surface area contributed by atoms with Crippen molar-refractivity contribution in [2.45, 2.75) is 76.8 Å². The predicted molar refractivity (Wildman–Crippen MR) is 140 cm³/mol. The Morgan fingerprint density at radius 2 is 2.00 bits per heavy atom. The number of pyridine rings is 1. The molecule has 2 N–H and O–H groups in total. The van der Waals surface area contributed by atoms with E-state index in [0.29, 0.717) is 12.6 Å². The second-order valence-electron chi connectivity index (χ2n) is 10.4. The topological polar surface area (TPSA) is 74.6 Å². The largest absolute Gasteiger partial charge is 0.396 e. The van der Waals surface area contributed by atoms with Gasteiger partial charge in [-0.2, -0.15) is 0 Å². The molecular weight excluding hydrogens is 438 g/mol. The van der Waals surface area contributed by atoms with Crippen LogP contribution in [0, 0.1) is 5.92 Å². The lowest BCUT2D eigenvalue weighted by atomic mass is 9.79. The Morgan fingerprint density at radius 3 is 2.74 bits per heavy atom. The molecule has 2 fully saturated rings. The van der Waals surface area contributed by atoms with E-state index >= 15 is 0 Å². The van der Waals surface area contributed by atoms with Gasteiger partial charge in [0.05, 0.1) is 12.0 Å². The molecular formula is C29H41N3O3. The molecule has 5 rings (SSSR count). The van der Waals surface area contributed by atoms with Crippen LogP contribution in [0.2, 0.25) is 0 Å². The highest BCUT2D eigenvalue weighted by atomic mass is 16.3. The van der Waals surface area contributed by atoms with E-state index in [1.807, 2.05) is 12.3 Å². The highest BCUT2D eigenvalue weighted by molar-refractivity contribution is 5.81. The van der Waals surface area contributed by atoms with Crippen molar-refractivity contribution in [3.8, 4) is 0 Å². The van der Waals surface area contributed by atoms with Crippen LogP contribution >= 0.6 is 0 Å². The Bertz CT molecular complexity index is 1090. The summed E-state index contributed by atoms with van der Waals surface area (Å²) in [5.41, 5.74) is 4.91. The van der Waals surface area contributed by atoms with Crippen molar-refractivity contribution in [3.05, 3.63) is 69.1 Å². The molecule has 3 atom stereocenters. The van der Waals surface area contributed by atoms with Gasteiger partial charge in [0.1, 0.15) is 0 Å². The summed E-state index contributed by atoms with van der Waals surface area (Å²) in [6.07, 6.45) is 9.67. The fraction of sp³-hybridized carbons (Fsp3) is 0.586. The first kappa shape index (κ1) is 25.6. The second-order valence-corrected chi connectivity index (χ2v) is 10.4. The molecule has 1 saturated heterocycles. The van der Waals surface area contributed by atoms with Gasteiger partial charge in [0.25, 0.3) is 5.56 Å². The number of carbonyl (C=O) groups is 1. The minimum atomic E-state index is -0.149. The molecule has 0 spiro atoms. The minimum Gasteiger partial charge on any atom is -0.396 e. The van der Waals surface area contributed by atoms with Crippen LogP contribution in [-0.2, 0) is 24.7 Å². The van der Waals surface area contributed by atoms with Crippen LogP contribution in [0.15, 0.2) is 41.3 Å². The van der Waals surface area contributed by atoms with Gasteiger partial charge in [0, 0.05) is 38.5 Å². The number of rotatable bonds is 7. The summed E-state index contributed by atoms with van der Waals surface area (Å²) < 4.78 is 1.59. The van der Waals surface area contributed by atoms with E-state index in [1.165, 1.54) is 16.7 Å². The molecule has 190 valence electrons. The summed E-state index contributed by atoms with van der Waals surface area (Å²) in [7, 11) is 1.77. The van der Waals surface area contributed by atoms with E-state index in [1.54, 1.807) is 17.7 Å². The van der Waals surface area contributed by atoms with Gasteiger partial charge < -0.3 is 19.9 Å². The number of aryl methyl sites for hydroxylation is 3. The Hall–Kier alpha value is -2.44.